The molecule has 0 heterocycles. The monoisotopic (exact) mass is 763 g/mol. The average molecular weight is 763 g/mol. The summed E-state index contributed by atoms with van der Waals surface area (Å²) >= 11 is 0. The predicted molar refractivity (Wildman–Crippen MR) is 233 cm³/mol. The van der Waals surface area contributed by atoms with Gasteiger partial charge in [-0.05, 0) is 44.9 Å². The minimum absolute atomic E-state index is 0.0915. The second kappa shape index (κ2) is 46.0. The normalized spacial score (nSPS) is 12.1. The predicted octanol–water partition coefficient (Wildman–Crippen LogP) is 15.9. The molecule has 0 spiro atoms. The Morgan fingerprint density at radius 3 is 1.13 bits per heavy atom. The average Bonchev–Trinajstić information content (AvgIpc) is 3.17. The fourth-order valence-corrected chi connectivity index (χ4v) is 7.15. The highest BCUT2D eigenvalue weighted by Crippen LogP contribution is 2.15. The van der Waals surface area contributed by atoms with Crippen molar-refractivity contribution < 1.29 is 23.8 Å². The summed E-state index contributed by atoms with van der Waals surface area (Å²) in [5, 5.41) is 0. The van der Waals surface area contributed by atoms with Crippen LogP contribution in [0.3, 0.4) is 0 Å². The van der Waals surface area contributed by atoms with Gasteiger partial charge in [0.05, 0.1) is 6.61 Å². The lowest BCUT2D eigenvalue weighted by atomic mass is 10.1. The molecule has 0 aromatic carbocycles. The van der Waals surface area contributed by atoms with Gasteiger partial charge in [-0.3, -0.25) is 9.59 Å². The van der Waals surface area contributed by atoms with Crippen LogP contribution in [0.15, 0.2) is 12.2 Å². The van der Waals surface area contributed by atoms with E-state index in [9.17, 15) is 9.59 Å². The van der Waals surface area contributed by atoms with Crippen LogP contribution in [0.5, 0.6) is 0 Å². The molecular formula is C49H94O5. The molecule has 54 heavy (non-hydrogen) atoms. The van der Waals surface area contributed by atoms with Gasteiger partial charge in [-0.15, -0.1) is 0 Å². The van der Waals surface area contributed by atoms with E-state index in [1.54, 1.807) is 0 Å². The number of unbranched alkanes of at least 4 members (excludes halogenated alkanes) is 32. The Morgan fingerprint density at radius 2 is 0.722 bits per heavy atom. The third-order valence-electron chi connectivity index (χ3n) is 10.8. The molecule has 0 N–H and O–H groups in total. The fraction of sp³-hybridized carbons (Fsp3) is 0.918. The third-order valence-corrected chi connectivity index (χ3v) is 10.8. The Hall–Kier alpha value is -1.36. The van der Waals surface area contributed by atoms with Crippen molar-refractivity contribution in [3.05, 3.63) is 12.2 Å². The lowest BCUT2D eigenvalue weighted by Crippen LogP contribution is -2.30. The molecule has 0 aromatic rings. The van der Waals surface area contributed by atoms with Crippen molar-refractivity contribution in [3.63, 3.8) is 0 Å². The smallest absolute Gasteiger partial charge is 0.306 e. The van der Waals surface area contributed by atoms with E-state index in [4.69, 9.17) is 14.2 Å². The Balaban J connectivity index is 4.19. The van der Waals surface area contributed by atoms with Gasteiger partial charge in [-0.25, -0.2) is 0 Å². The molecule has 0 aliphatic carbocycles. The third kappa shape index (κ3) is 43.4. The zero-order valence-corrected chi connectivity index (χ0v) is 36.8. The SMILES string of the molecule is CCCCCCCCC=CCCCCCCCCOCC(COC(=O)CCCCCCCCCCCCC)OC(=O)CCCCCCCCCCCCC. The fourth-order valence-electron chi connectivity index (χ4n) is 7.15. The van der Waals surface area contributed by atoms with Crippen LogP contribution in [0.1, 0.15) is 265 Å². The highest BCUT2D eigenvalue weighted by Gasteiger charge is 2.17. The Bertz CT molecular complexity index is 780. The van der Waals surface area contributed by atoms with E-state index in [1.807, 2.05) is 0 Å². The summed E-state index contributed by atoms with van der Waals surface area (Å²) in [5.41, 5.74) is 0. The van der Waals surface area contributed by atoms with Crippen LogP contribution in [0.25, 0.3) is 0 Å². The minimum atomic E-state index is -0.527. The quantitative estimate of drug-likeness (QED) is 0.0351. The lowest BCUT2D eigenvalue weighted by Gasteiger charge is -2.18. The van der Waals surface area contributed by atoms with Gasteiger partial charge >= 0.3 is 11.9 Å². The van der Waals surface area contributed by atoms with Gasteiger partial charge in [-0.1, -0.05) is 219 Å². The van der Waals surface area contributed by atoms with Crippen molar-refractivity contribution in [1.29, 1.82) is 0 Å². The number of ether oxygens (including phenoxy) is 3. The van der Waals surface area contributed by atoms with Crippen molar-refractivity contribution in [2.24, 2.45) is 0 Å². The summed E-state index contributed by atoms with van der Waals surface area (Å²) < 4.78 is 17.3. The van der Waals surface area contributed by atoms with Crippen LogP contribution in [0, 0.1) is 0 Å². The first kappa shape index (κ1) is 52.6. The maximum absolute atomic E-state index is 12.7. The number of allylic oxidation sites excluding steroid dienone is 2. The Labute approximate surface area is 337 Å². The molecule has 0 fully saturated rings. The van der Waals surface area contributed by atoms with E-state index in [0.717, 1.165) is 38.5 Å². The van der Waals surface area contributed by atoms with Crippen LogP contribution >= 0.6 is 0 Å². The second-order valence-corrected chi connectivity index (χ2v) is 16.4. The molecule has 0 amide bonds. The van der Waals surface area contributed by atoms with E-state index in [-0.39, 0.29) is 18.5 Å². The van der Waals surface area contributed by atoms with Crippen molar-refractivity contribution in [2.75, 3.05) is 19.8 Å². The molecule has 320 valence electrons. The Morgan fingerprint density at radius 1 is 0.389 bits per heavy atom. The molecule has 0 radical (unpaired) electrons. The maximum atomic E-state index is 12.7. The van der Waals surface area contributed by atoms with Gasteiger partial charge in [0.15, 0.2) is 6.10 Å². The summed E-state index contributed by atoms with van der Waals surface area (Å²) in [7, 11) is 0. The van der Waals surface area contributed by atoms with Crippen LogP contribution < -0.4 is 0 Å². The van der Waals surface area contributed by atoms with Gasteiger partial charge in [0.2, 0.25) is 0 Å². The number of carbonyl (C=O) groups is 2. The first-order chi connectivity index (χ1) is 26.6. The number of esters is 2. The van der Waals surface area contributed by atoms with Gasteiger partial charge in [-0.2, -0.15) is 0 Å². The summed E-state index contributed by atoms with van der Waals surface area (Å²) in [5.74, 6) is -0.385. The number of hydrogen-bond acceptors (Lipinski definition) is 5. The van der Waals surface area contributed by atoms with E-state index < -0.39 is 6.10 Å². The molecule has 0 saturated carbocycles. The molecular weight excluding hydrogens is 669 g/mol. The van der Waals surface area contributed by atoms with Gasteiger partial charge in [0, 0.05) is 19.4 Å². The lowest BCUT2D eigenvalue weighted by molar-refractivity contribution is -0.163. The van der Waals surface area contributed by atoms with Gasteiger partial charge < -0.3 is 14.2 Å². The molecule has 0 aliphatic heterocycles. The zero-order chi connectivity index (χ0) is 39.3. The topological polar surface area (TPSA) is 61.8 Å². The molecule has 1 unspecified atom stereocenters. The van der Waals surface area contributed by atoms with Crippen LogP contribution in [-0.4, -0.2) is 37.9 Å². The van der Waals surface area contributed by atoms with Crippen molar-refractivity contribution in [2.45, 2.75) is 271 Å². The van der Waals surface area contributed by atoms with E-state index >= 15 is 0 Å². The van der Waals surface area contributed by atoms with Gasteiger partial charge in [0.1, 0.15) is 6.61 Å². The molecule has 1 atom stereocenters. The standard InChI is InChI=1S/C49H94O5/c1-4-7-10-13-16-19-22-23-24-25-26-29-32-35-38-41-44-52-45-47(54-49(51)43-40-37-34-31-28-21-18-15-12-9-6-3)46-53-48(50)42-39-36-33-30-27-20-17-14-11-8-5-2/h23-24,47H,4-22,25-46H2,1-3H3. The van der Waals surface area contributed by atoms with Crippen LogP contribution in [0.4, 0.5) is 0 Å². The zero-order valence-electron chi connectivity index (χ0n) is 36.8. The largest absolute Gasteiger partial charge is 0.462 e. The molecule has 0 aliphatic rings. The molecule has 0 aromatic heterocycles. The van der Waals surface area contributed by atoms with Crippen LogP contribution in [0.2, 0.25) is 0 Å². The second-order valence-electron chi connectivity index (χ2n) is 16.4. The number of carbonyl (C=O) groups excluding carboxylic acids is 2. The molecule has 0 bridgehead atoms. The summed E-state index contributed by atoms with van der Waals surface area (Å²) in [6.07, 6.45) is 50.6. The number of rotatable bonds is 45. The highest BCUT2D eigenvalue weighted by molar-refractivity contribution is 5.70. The first-order valence-corrected chi connectivity index (χ1v) is 24.2. The highest BCUT2D eigenvalue weighted by atomic mass is 16.6. The van der Waals surface area contributed by atoms with E-state index in [1.165, 1.54) is 193 Å². The number of hydrogen-bond donors (Lipinski definition) is 0. The van der Waals surface area contributed by atoms with Crippen molar-refractivity contribution >= 4 is 11.9 Å². The maximum Gasteiger partial charge on any atom is 0.306 e. The molecule has 5 heteroatoms. The van der Waals surface area contributed by atoms with E-state index in [2.05, 4.69) is 32.9 Å². The van der Waals surface area contributed by atoms with Gasteiger partial charge in [0.25, 0.3) is 0 Å². The summed E-state index contributed by atoms with van der Waals surface area (Å²) in [6.45, 7) is 7.84. The van der Waals surface area contributed by atoms with Crippen LogP contribution in [-0.2, 0) is 23.8 Å². The molecule has 5 nitrogen and oxygen atoms in total. The van der Waals surface area contributed by atoms with Crippen molar-refractivity contribution in [1.82, 2.24) is 0 Å². The molecule has 0 rings (SSSR count). The molecule has 0 saturated heterocycles. The van der Waals surface area contributed by atoms with E-state index in [0.29, 0.717) is 26.1 Å². The summed E-state index contributed by atoms with van der Waals surface area (Å²) in [6, 6.07) is 0. The Kier molecular flexibility index (Phi) is 44.9. The summed E-state index contributed by atoms with van der Waals surface area (Å²) in [4.78, 5) is 25.2. The first-order valence-electron chi connectivity index (χ1n) is 24.2. The minimum Gasteiger partial charge on any atom is -0.462 e. The van der Waals surface area contributed by atoms with Crippen molar-refractivity contribution in [3.8, 4) is 0 Å².